The van der Waals surface area contributed by atoms with E-state index in [-0.39, 0.29) is 0 Å². The van der Waals surface area contributed by atoms with Crippen LogP contribution in [0.15, 0.2) is 18.2 Å². The third-order valence-corrected chi connectivity index (χ3v) is 4.79. The van der Waals surface area contributed by atoms with Crippen molar-refractivity contribution in [2.24, 2.45) is 0 Å². The summed E-state index contributed by atoms with van der Waals surface area (Å²) < 4.78 is 5.32. The van der Waals surface area contributed by atoms with E-state index in [1.165, 1.54) is 48.9 Å². The molecule has 3 nitrogen and oxygen atoms in total. The summed E-state index contributed by atoms with van der Waals surface area (Å²) in [6.45, 7) is 2.50. The maximum Gasteiger partial charge on any atom is 0.120 e. The lowest BCUT2D eigenvalue weighted by atomic mass is 10.0. The summed E-state index contributed by atoms with van der Waals surface area (Å²) in [5.74, 6) is 0.936. The average Bonchev–Trinajstić information content (AvgIpc) is 2.98. The topological polar surface area (TPSA) is 28.3 Å². The number of H-pyrrole nitrogens is 1. The first-order valence-corrected chi connectivity index (χ1v) is 7.26. The monoisotopic (exact) mass is 256 g/mol. The molecule has 0 amide bonds. The Morgan fingerprint density at radius 1 is 1.32 bits per heavy atom. The van der Waals surface area contributed by atoms with E-state index in [1.807, 2.05) is 0 Å². The molecule has 4 rings (SSSR count). The van der Waals surface area contributed by atoms with Crippen LogP contribution in [0.4, 0.5) is 0 Å². The molecule has 19 heavy (non-hydrogen) atoms. The predicted octanol–water partition coefficient (Wildman–Crippen LogP) is 2.74. The van der Waals surface area contributed by atoms with Crippen LogP contribution in [0, 0.1) is 0 Å². The fourth-order valence-electron chi connectivity index (χ4n) is 3.78. The number of rotatable bonds is 1. The van der Waals surface area contributed by atoms with Gasteiger partial charge >= 0.3 is 0 Å². The molecular formula is C16H20N2O. The molecule has 1 aromatic carbocycles. The Balaban J connectivity index is 1.80. The fraction of sp³-hybridized carbons (Fsp3) is 0.500. The molecule has 2 aliphatic heterocycles. The molecule has 0 bridgehead atoms. The summed E-state index contributed by atoms with van der Waals surface area (Å²) in [6, 6.07) is 7.18. The van der Waals surface area contributed by atoms with Gasteiger partial charge in [-0.25, -0.2) is 0 Å². The standard InChI is InChI=1S/C16H20N2O/c1-19-12-4-5-13-14-9-11-3-2-7-18(11)8-6-15(14)17-16(13)10-12/h4-5,10-11,17H,2-3,6-9H2,1H3. The highest BCUT2D eigenvalue weighted by molar-refractivity contribution is 5.86. The molecule has 1 N–H and O–H groups in total. The minimum Gasteiger partial charge on any atom is -0.497 e. The molecular weight excluding hydrogens is 236 g/mol. The number of nitrogens with one attached hydrogen (secondary N) is 1. The molecule has 0 radical (unpaired) electrons. The fourth-order valence-corrected chi connectivity index (χ4v) is 3.78. The van der Waals surface area contributed by atoms with Crippen LogP contribution in [-0.4, -0.2) is 36.1 Å². The highest BCUT2D eigenvalue weighted by Crippen LogP contribution is 2.32. The lowest BCUT2D eigenvalue weighted by Gasteiger charge is -2.21. The van der Waals surface area contributed by atoms with Crippen LogP contribution in [0.5, 0.6) is 5.75 Å². The predicted molar refractivity (Wildman–Crippen MR) is 76.9 cm³/mol. The second-order valence-corrected chi connectivity index (χ2v) is 5.78. The number of benzene rings is 1. The zero-order chi connectivity index (χ0) is 12.8. The minimum atomic E-state index is 0.766. The summed E-state index contributed by atoms with van der Waals surface area (Å²) in [4.78, 5) is 6.28. The average molecular weight is 256 g/mol. The molecule has 1 unspecified atom stereocenters. The number of aromatic nitrogens is 1. The Bertz CT molecular complexity index is 616. The molecule has 1 saturated heterocycles. The van der Waals surface area contributed by atoms with E-state index in [1.54, 1.807) is 12.7 Å². The number of hydrogen-bond acceptors (Lipinski definition) is 2. The number of aromatic amines is 1. The third kappa shape index (κ3) is 1.76. The van der Waals surface area contributed by atoms with E-state index < -0.39 is 0 Å². The second-order valence-electron chi connectivity index (χ2n) is 5.78. The van der Waals surface area contributed by atoms with E-state index in [4.69, 9.17) is 4.74 Å². The highest BCUT2D eigenvalue weighted by atomic mass is 16.5. The first kappa shape index (κ1) is 11.4. The molecule has 100 valence electrons. The van der Waals surface area contributed by atoms with Crippen LogP contribution in [0.1, 0.15) is 24.1 Å². The van der Waals surface area contributed by atoms with Gasteiger partial charge in [0.15, 0.2) is 0 Å². The molecule has 0 spiro atoms. The van der Waals surface area contributed by atoms with Crippen LogP contribution in [0.25, 0.3) is 10.9 Å². The molecule has 3 heterocycles. The number of methoxy groups -OCH3 is 1. The Labute approximate surface area is 113 Å². The second kappa shape index (κ2) is 4.27. The van der Waals surface area contributed by atoms with Crippen LogP contribution in [-0.2, 0) is 12.8 Å². The van der Waals surface area contributed by atoms with Gasteiger partial charge in [0.05, 0.1) is 7.11 Å². The van der Waals surface area contributed by atoms with Crippen LogP contribution < -0.4 is 4.74 Å². The summed E-state index contributed by atoms with van der Waals surface area (Å²) in [6.07, 6.45) is 5.10. The van der Waals surface area contributed by atoms with Gasteiger partial charge < -0.3 is 9.72 Å². The van der Waals surface area contributed by atoms with Crippen molar-refractivity contribution in [3.05, 3.63) is 29.5 Å². The van der Waals surface area contributed by atoms with E-state index >= 15 is 0 Å². The molecule has 1 atom stereocenters. The molecule has 3 heteroatoms. The molecule has 1 fully saturated rings. The minimum absolute atomic E-state index is 0.766. The van der Waals surface area contributed by atoms with Crippen molar-refractivity contribution in [2.45, 2.75) is 31.7 Å². The van der Waals surface area contributed by atoms with E-state index in [0.29, 0.717) is 0 Å². The van der Waals surface area contributed by atoms with Crippen LogP contribution in [0.2, 0.25) is 0 Å². The van der Waals surface area contributed by atoms with Crippen molar-refractivity contribution in [3.8, 4) is 5.75 Å². The van der Waals surface area contributed by atoms with Crippen molar-refractivity contribution in [3.63, 3.8) is 0 Å². The SMILES string of the molecule is COc1ccc2c3c([nH]c2c1)CCN1CCCC1C3. The van der Waals surface area contributed by atoms with Gasteiger partial charge in [-0.1, -0.05) is 0 Å². The number of hydrogen-bond donors (Lipinski definition) is 1. The maximum absolute atomic E-state index is 5.32. The van der Waals surface area contributed by atoms with Gasteiger partial charge in [-0.2, -0.15) is 0 Å². The molecule has 1 aromatic heterocycles. The largest absolute Gasteiger partial charge is 0.497 e. The van der Waals surface area contributed by atoms with Gasteiger partial charge in [0.2, 0.25) is 0 Å². The maximum atomic E-state index is 5.32. The first-order valence-electron chi connectivity index (χ1n) is 7.26. The van der Waals surface area contributed by atoms with Crippen LogP contribution >= 0.6 is 0 Å². The van der Waals surface area contributed by atoms with Crippen molar-refractivity contribution in [2.75, 3.05) is 20.2 Å². The lowest BCUT2D eigenvalue weighted by molar-refractivity contribution is 0.263. The molecule has 0 saturated carbocycles. The smallest absolute Gasteiger partial charge is 0.120 e. The highest BCUT2D eigenvalue weighted by Gasteiger charge is 2.29. The molecule has 2 aliphatic rings. The summed E-state index contributed by atoms with van der Waals surface area (Å²) in [5, 5.41) is 1.39. The Morgan fingerprint density at radius 3 is 3.16 bits per heavy atom. The van der Waals surface area contributed by atoms with Crippen LogP contribution in [0.3, 0.4) is 0 Å². The zero-order valence-corrected chi connectivity index (χ0v) is 11.4. The van der Waals surface area contributed by atoms with Crippen molar-refractivity contribution < 1.29 is 4.74 Å². The van der Waals surface area contributed by atoms with Gasteiger partial charge in [0.1, 0.15) is 5.75 Å². The normalized spacial score (nSPS) is 23.1. The van der Waals surface area contributed by atoms with E-state index in [2.05, 4.69) is 28.1 Å². The molecule has 2 aromatic rings. The Kier molecular flexibility index (Phi) is 2.55. The number of fused-ring (bicyclic) bond motifs is 4. The quantitative estimate of drug-likeness (QED) is 0.849. The van der Waals surface area contributed by atoms with Gasteiger partial charge in [0.25, 0.3) is 0 Å². The van der Waals surface area contributed by atoms with Gasteiger partial charge in [-0.15, -0.1) is 0 Å². The van der Waals surface area contributed by atoms with Gasteiger partial charge in [0, 0.05) is 41.7 Å². The zero-order valence-electron chi connectivity index (χ0n) is 11.4. The molecule has 0 aliphatic carbocycles. The lowest BCUT2D eigenvalue weighted by Crippen LogP contribution is -2.30. The summed E-state index contributed by atoms with van der Waals surface area (Å²) in [5.41, 5.74) is 4.22. The number of nitrogens with zero attached hydrogens (tertiary/aromatic N) is 1. The number of ether oxygens (including phenoxy) is 1. The Morgan fingerprint density at radius 2 is 2.26 bits per heavy atom. The summed E-state index contributed by atoms with van der Waals surface area (Å²) >= 11 is 0. The Hall–Kier alpha value is -1.48. The summed E-state index contributed by atoms with van der Waals surface area (Å²) in [7, 11) is 1.73. The van der Waals surface area contributed by atoms with E-state index in [9.17, 15) is 0 Å². The van der Waals surface area contributed by atoms with Gasteiger partial charge in [-0.3, -0.25) is 4.90 Å². The van der Waals surface area contributed by atoms with Gasteiger partial charge in [-0.05, 0) is 43.5 Å². The first-order chi connectivity index (χ1) is 9.35. The van der Waals surface area contributed by atoms with E-state index in [0.717, 1.165) is 18.2 Å². The van der Waals surface area contributed by atoms with Crippen molar-refractivity contribution >= 4 is 10.9 Å². The van der Waals surface area contributed by atoms with Crippen molar-refractivity contribution in [1.82, 2.24) is 9.88 Å². The third-order valence-electron chi connectivity index (χ3n) is 4.79. The van der Waals surface area contributed by atoms with Crippen molar-refractivity contribution in [1.29, 1.82) is 0 Å².